The van der Waals surface area contributed by atoms with Crippen LogP contribution < -0.4 is 0 Å². The van der Waals surface area contributed by atoms with E-state index in [4.69, 9.17) is 4.74 Å². The van der Waals surface area contributed by atoms with Gasteiger partial charge in [-0.15, -0.1) is 12.4 Å². The smallest absolute Gasteiger partial charge is 0.263 e. The van der Waals surface area contributed by atoms with Gasteiger partial charge in [0.2, 0.25) is 0 Å². The van der Waals surface area contributed by atoms with Crippen molar-refractivity contribution < 1.29 is 9.53 Å². The van der Waals surface area contributed by atoms with Crippen LogP contribution in [0, 0.1) is 0 Å². The van der Waals surface area contributed by atoms with E-state index in [0.29, 0.717) is 13.2 Å². The number of hydrogen-bond donors (Lipinski definition) is 0. The third-order valence-corrected chi connectivity index (χ3v) is 4.25. The zero-order chi connectivity index (χ0) is 18.3. The summed E-state index contributed by atoms with van der Waals surface area (Å²) in [5, 5.41) is 0. The standard InChI is InChI=1S/C21H28N2O2.ClH/c1-5-25-21(18-12-8-6-9-13-18,19-14-10-7-11-15-19)20(24)23(4)17-16-22(2)3;/h6-15H,5,16-17H2,1-4H3;1H. The normalized spacial score (nSPS) is 11.1. The van der Waals surface area contributed by atoms with Crippen LogP contribution in [0.25, 0.3) is 0 Å². The molecular formula is C21H29ClN2O2. The van der Waals surface area contributed by atoms with Crippen LogP contribution in [0.15, 0.2) is 60.7 Å². The van der Waals surface area contributed by atoms with Crippen LogP contribution in [0.4, 0.5) is 0 Å². The minimum atomic E-state index is -1.13. The maximum Gasteiger partial charge on any atom is 0.263 e. The molecule has 0 unspecified atom stereocenters. The molecule has 26 heavy (non-hydrogen) atoms. The van der Waals surface area contributed by atoms with Gasteiger partial charge in [-0.05, 0) is 32.1 Å². The van der Waals surface area contributed by atoms with Crippen molar-refractivity contribution in [3.8, 4) is 0 Å². The van der Waals surface area contributed by atoms with Crippen molar-refractivity contribution in [2.24, 2.45) is 0 Å². The maximum atomic E-state index is 13.6. The van der Waals surface area contributed by atoms with E-state index in [9.17, 15) is 4.79 Å². The van der Waals surface area contributed by atoms with Crippen LogP contribution in [0.3, 0.4) is 0 Å². The maximum absolute atomic E-state index is 13.6. The fraction of sp³-hybridized carbons (Fsp3) is 0.381. The van der Waals surface area contributed by atoms with Gasteiger partial charge < -0.3 is 14.5 Å². The van der Waals surface area contributed by atoms with Crippen LogP contribution in [0.5, 0.6) is 0 Å². The van der Waals surface area contributed by atoms with E-state index >= 15 is 0 Å². The number of amides is 1. The van der Waals surface area contributed by atoms with Gasteiger partial charge in [-0.3, -0.25) is 4.79 Å². The molecule has 0 heterocycles. The van der Waals surface area contributed by atoms with E-state index in [1.807, 2.05) is 88.7 Å². The van der Waals surface area contributed by atoms with Crippen molar-refractivity contribution in [2.45, 2.75) is 12.5 Å². The number of carbonyl (C=O) groups excluding carboxylic acids is 1. The van der Waals surface area contributed by atoms with Crippen molar-refractivity contribution >= 4 is 18.3 Å². The zero-order valence-corrected chi connectivity index (χ0v) is 16.8. The zero-order valence-electron chi connectivity index (χ0n) is 16.0. The number of likely N-dealkylation sites (N-methyl/N-ethyl adjacent to an activating group) is 2. The molecule has 0 spiro atoms. The SMILES string of the molecule is CCOC(C(=O)N(C)CCN(C)C)(c1ccccc1)c1ccccc1.Cl. The van der Waals surface area contributed by atoms with Crippen molar-refractivity contribution in [1.29, 1.82) is 0 Å². The fourth-order valence-electron chi connectivity index (χ4n) is 2.92. The summed E-state index contributed by atoms with van der Waals surface area (Å²) in [6.45, 7) is 3.80. The van der Waals surface area contributed by atoms with E-state index < -0.39 is 5.60 Å². The Morgan fingerprint density at radius 2 is 1.35 bits per heavy atom. The molecule has 2 aromatic rings. The Morgan fingerprint density at radius 3 is 1.73 bits per heavy atom. The Labute approximate surface area is 163 Å². The van der Waals surface area contributed by atoms with E-state index in [0.717, 1.165) is 17.7 Å². The largest absolute Gasteiger partial charge is 0.356 e. The molecule has 0 N–H and O–H groups in total. The minimum absolute atomic E-state index is 0. The Hall–Kier alpha value is -1.88. The third-order valence-electron chi connectivity index (χ3n) is 4.25. The fourth-order valence-corrected chi connectivity index (χ4v) is 2.92. The third kappa shape index (κ3) is 4.85. The van der Waals surface area contributed by atoms with E-state index in [1.54, 1.807) is 4.90 Å². The lowest BCUT2D eigenvalue weighted by Gasteiger charge is -2.36. The topological polar surface area (TPSA) is 32.8 Å². The Kier molecular flexibility index (Phi) is 8.79. The lowest BCUT2D eigenvalue weighted by molar-refractivity contribution is -0.152. The summed E-state index contributed by atoms with van der Waals surface area (Å²) in [6.07, 6.45) is 0. The van der Waals surface area contributed by atoms with Crippen molar-refractivity contribution in [3.05, 3.63) is 71.8 Å². The van der Waals surface area contributed by atoms with Crippen LogP contribution in [-0.4, -0.2) is 56.5 Å². The molecule has 0 fully saturated rings. The number of ether oxygens (including phenoxy) is 1. The number of hydrogen-bond acceptors (Lipinski definition) is 3. The summed E-state index contributed by atoms with van der Waals surface area (Å²) in [7, 11) is 5.84. The van der Waals surface area contributed by atoms with Gasteiger partial charge in [0.1, 0.15) is 0 Å². The predicted octanol–water partition coefficient (Wildman–Crippen LogP) is 3.41. The average Bonchev–Trinajstić information content (AvgIpc) is 2.65. The summed E-state index contributed by atoms with van der Waals surface area (Å²) >= 11 is 0. The number of rotatable bonds is 8. The Balaban J connectivity index is 0.00000338. The molecule has 1 amide bonds. The van der Waals surface area contributed by atoms with Crippen LogP contribution in [0.2, 0.25) is 0 Å². The Bertz CT molecular complexity index is 623. The first kappa shape index (κ1) is 22.2. The highest BCUT2D eigenvalue weighted by molar-refractivity contribution is 5.90. The van der Waals surface area contributed by atoms with Gasteiger partial charge in [-0.25, -0.2) is 0 Å². The second kappa shape index (κ2) is 10.3. The molecule has 0 saturated heterocycles. The molecule has 0 aliphatic rings. The lowest BCUT2D eigenvalue weighted by Crippen LogP contribution is -2.49. The number of benzene rings is 2. The quantitative estimate of drug-likeness (QED) is 0.707. The molecule has 142 valence electrons. The molecule has 5 heteroatoms. The molecule has 4 nitrogen and oxygen atoms in total. The molecule has 0 aliphatic carbocycles. The van der Waals surface area contributed by atoms with E-state index in [2.05, 4.69) is 4.90 Å². The summed E-state index contributed by atoms with van der Waals surface area (Å²) in [4.78, 5) is 17.4. The Morgan fingerprint density at radius 1 is 0.885 bits per heavy atom. The molecule has 0 aliphatic heterocycles. The molecule has 0 bridgehead atoms. The van der Waals surface area contributed by atoms with Gasteiger partial charge in [-0.2, -0.15) is 0 Å². The van der Waals surface area contributed by atoms with Crippen LogP contribution in [-0.2, 0) is 15.1 Å². The monoisotopic (exact) mass is 376 g/mol. The molecule has 0 atom stereocenters. The van der Waals surface area contributed by atoms with Crippen molar-refractivity contribution in [1.82, 2.24) is 9.80 Å². The van der Waals surface area contributed by atoms with Gasteiger partial charge in [0.25, 0.3) is 5.91 Å². The molecule has 0 aromatic heterocycles. The minimum Gasteiger partial charge on any atom is -0.356 e. The number of carbonyl (C=O) groups is 1. The second-order valence-electron chi connectivity index (χ2n) is 6.38. The van der Waals surface area contributed by atoms with Gasteiger partial charge in [0.15, 0.2) is 5.60 Å². The van der Waals surface area contributed by atoms with Gasteiger partial charge >= 0.3 is 0 Å². The highest BCUT2D eigenvalue weighted by Crippen LogP contribution is 2.35. The first-order valence-corrected chi connectivity index (χ1v) is 8.67. The molecule has 0 radical (unpaired) electrons. The highest BCUT2D eigenvalue weighted by Gasteiger charge is 2.44. The average molecular weight is 377 g/mol. The van der Waals surface area contributed by atoms with Crippen molar-refractivity contribution in [2.75, 3.05) is 40.8 Å². The molecular weight excluding hydrogens is 348 g/mol. The lowest BCUT2D eigenvalue weighted by atomic mass is 9.84. The first-order chi connectivity index (χ1) is 12.0. The number of nitrogens with zero attached hydrogens (tertiary/aromatic N) is 2. The highest BCUT2D eigenvalue weighted by atomic mass is 35.5. The van der Waals surface area contributed by atoms with Crippen molar-refractivity contribution in [3.63, 3.8) is 0 Å². The summed E-state index contributed by atoms with van der Waals surface area (Å²) in [6, 6.07) is 19.5. The number of halogens is 1. The van der Waals surface area contributed by atoms with E-state index in [1.165, 1.54) is 0 Å². The summed E-state index contributed by atoms with van der Waals surface area (Å²) in [5.41, 5.74) is 0.577. The molecule has 2 rings (SSSR count). The first-order valence-electron chi connectivity index (χ1n) is 8.67. The van der Waals surface area contributed by atoms with Gasteiger partial charge in [-0.1, -0.05) is 60.7 Å². The van der Waals surface area contributed by atoms with Gasteiger partial charge in [0.05, 0.1) is 0 Å². The summed E-state index contributed by atoms with van der Waals surface area (Å²) < 4.78 is 6.19. The van der Waals surface area contributed by atoms with Gasteiger partial charge in [0, 0.05) is 26.7 Å². The van der Waals surface area contributed by atoms with Crippen LogP contribution in [0.1, 0.15) is 18.1 Å². The van der Waals surface area contributed by atoms with E-state index in [-0.39, 0.29) is 18.3 Å². The molecule has 2 aromatic carbocycles. The molecule has 0 saturated carbocycles. The predicted molar refractivity (Wildman–Crippen MR) is 109 cm³/mol. The summed E-state index contributed by atoms with van der Waals surface area (Å²) in [5.74, 6) is -0.0476. The van der Waals surface area contributed by atoms with Crippen LogP contribution >= 0.6 is 12.4 Å². The second-order valence-corrected chi connectivity index (χ2v) is 6.38.